The van der Waals surface area contributed by atoms with E-state index in [1.165, 1.54) is 54.2 Å². The first-order valence-electron chi connectivity index (χ1n) is 20.7. The van der Waals surface area contributed by atoms with E-state index in [1.807, 2.05) is 18.2 Å². The number of aromatic nitrogens is 4. The molecule has 0 N–H and O–H groups in total. The molecular weight excluding hydrogens is 741 g/mol. The highest BCUT2D eigenvalue weighted by molar-refractivity contribution is 6.20. The van der Waals surface area contributed by atoms with E-state index in [2.05, 4.69) is 205 Å². The van der Waals surface area contributed by atoms with Crippen LogP contribution in [0.2, 0.25) is 0 Å². The van der Waals surface area contributed by atoms with Crippen molar-refractivity contribution in [2.45, 2.75) is 0 Å². The van der Waals surface area contributed by atoms with Gasteiger partial charge in [0.05, 0.1) is 11.0 Å². The highest BCUT2D eigenvalue weighted by atomic mass is 15.0. The van der Waals surface area contributed by atoms with Gasteiger partial charge in [-0.1, -0.05) is 182 Å². The van der Waals surface area contributed by atoms with Gasteiger partial charge >= 0.3 is 0 Å². The molecule has 61 heavy (non-hydrogen) atoms. The number of nitrogens with zero attached hydrogens (tertiary/aromatic N) is 4. The Morgan fingerprint density at radius 1 is 0.279 bits per heavy atom. The minimum Gasteiger partial charge on any atom is -0.309 e. The lowest BCUT2D eigenvalue weighted by Crippen LogP contribution is -2.01. The number of hydrogen-bond acceptors (Lipinski definition) is 3. The first-order chi connectivity index (χ1) is 30.2. The average molecular weight is 777 g/mol. The molecule has 0 spiro atoms. The number of fused-ring (bicyclic) bond motifs is 7. The lowest BCUT2D eigenvalue weighted by Gasteiger charge is -2.15. The molecule has 4 heteroatoms. The second-order valence-corrected chi connectivity index (χ2v) is 15.6. The molecule has 0 radical (unpaired) electrons. The van der Waals surface area contributed by atoms with Gasteiger partial charge in [0.2, 0.25) is 0 Å². The summed E-state index contributed by atoms with van der Waals surface area (Å²) in [5.41, 5.74) is 10.8. The molecule has 0 saturated carbocycles. The van der Waals surface area contributed by atoms with Crippen molar-refractivity contribution in [3.05, 3.63) is 218 Å². The third-order valence-corrected chi connectivity index (χ3v) is 12.0. The van der Waals surface area contributed by atoms with E-state index in [1.54, 1.807) is 0 Å². The molecule has 0 saturated heterocycles. The maximum Gasteiger partial charge on any atom is 0.164 e. The largest absolute Gasteiger partial charge is 0.309 e. The highest BCUT2D eigenvalue weighted by Crippen LogP contribution is 2.41. The highest BCUT2D eigenvalue weighted by Gasteiger charge is 2.19. The second-order valence-electron chi connectivity index (χ2n) is 15.6. The summed E-state index contributed by atoms with van der Waals surface area (Å²) in [6, 6.07) is 77.6. The third kappa shape index (κ3) is 5.88. The predicted molar refractivity (Wildman–Crippen MR) is 254 cm³/mol. The van der Waals surface area contributed by atoms with Crippen molar-refractivity contribution in [2.75, 3.05) is 0 Å². The van der Waals surface area contributed by atoms with E-state index in [4.69, 9.17) is 15.0 Å². The smallest absolute Gasteiger partial charge is 0.164 e. The minimum absolute atomic E-state index is 0.625. The average Bonchev–Trinajstić information content (AvgIpc) is 3.67. The number of para-hydroxylation sites is 2. The van der Waals surface area contributed by atoms with E-state index in [0.717, 1.165) is 44.6 Å². The van der Waals surface area contributed by atoms with Crippen molar-refractivity contribution in [3.8, 4) is 62.1 Å². The van der Waals surface area contributed by atoms with Crippen molar-refractivity contribution in [3.63, 3.8) is 0 Å². The van der Waals surface area contributed by atoms with E-state index in [-0.39, 0.29) is 0 Å². The first kappa shape index (κ1) is 34.8. The maximum absolute atomic E-state index is 5.25. The molecule has 0 unspecified atom stereocenters. The monoisotopic (exact) mass is 776 g/mol. The molecule has 4 nitrogen and oxygen atoms in total. The Labute approximate surface area is 352 Å². The molecule has 0 amide bonds. The van der Waals surface area contributed by atoms with E-state index >= 15 is 0 Å². The van der Waals surface area contributed by atoms with Crippen molar-refractivity contribution in [2.24, 2.45) is 0 Å². The number of rotatable bonds is 6. The molecule has 2 aromatic heterocycles. The van der Waals surface area contributed by atoms with Gasteiger partial charge in [-0.25, -0.2) is 15.0 Å². The summed E-state index contributed by atoms with van der Waals surface area (Å²) < 4.78 is 2.35. The summed E-state index contributed by atoms with van der Waals surface area (Å²) in [7, 11) is 0. The first-order valence-corrected chi connectivity index (χ1v) is 20.7. The topological polar surface area (TPSA) is 43.6 Å². The van der Waals surface area contributed by atoms with Crippen LogP contribution in [0.5, 0.6) is 0 Å². The van der Waals surface area contributed by atoms with Gasteiger partial charge in [0, 0.05) is 33.2 Å². The quantitative estimate of drug-likeness (QED) is 0.125. The fourth-order valence-corrected chi connectivity index (χ4v) is 9.18. The van der Waals surface area contributed by atoms with Crippen LogP contribution in [-0.4, -0.2) is 19.5 Å². The fraction of sp³-hybridized carbons (Fsp3) is 0. The zero-order valence-electron chi connectivity index (χ0n) is 33.1. The predicted octanol–water partition coefficient (Wildman–Crippen LogP) is 14.8. The molecule has 0 fully saturated rings. The van der Waals surface area contributed by atoms with Crippen molar-refractivity contribution < 1.29 is 0 Å². The SMILES string of the molecule is c1ccc(-c2nc(-c3ccc(-c4c5ccccc5cc5c4ccc4ccccc45)cc3)nc(-c3ccccc3-c3ccc4c(c3)c3ccccc3n4-c3ccccc3)n2)cc1. The molecule has 12 aromatic rings. The number of hydrogen-bond donors (Lipinski definition) is 0. The molecule has 0 bridgehead atoms. The van der Waals surface area contributed by atoms with Crippen LogP contribution in [0.15, 0.2) is 218 Å². The molecule has 0 aliphatic carbocycles. The normalized spacial score (nSPS) is 11.6. The Balaban J connectivity index is 1.00. The molecule has 0 aliphatic rings. The zero-order chi connectivity index (χ0) is 40.3. The van der Waals surface area contributed by atoms with Gasteiger partial charge in [-0.3, -0.25) is 0 Å². The van der Waals surface area contributed by atoms with E-state index in [9.17, 15) is 0 Å². The maximum atomic E-state index is 5.25. The standard InChI is InChI=1S/C57H36N4/c1-3-16-39(17-4-1)55-58-56(40-29-27-38(28-30-40)54-46-23-10-8-18-41(46)35-50-44-21-9-7-15-37(44)31-33-48(50)54)60-57(59-55)49-25-12-11-22-45(49)42-32-34-53-51(36-42)47-24-13-14-26-52(47)61(53)43-19-5-2-6-20-43/h1-36H. The Morgan fingerprint density at radius 3 is 1.62 bits per heavy atom. The molecule has 12 rings (SSSR count). The summed E-state index contributed by atoms with van der Waals surface area (Å²) in [6.07, 6.45) is 0. The lowest BCUT2D eigenvalue weighted by molar-refractivity contribution is 1.07. The zero-order valence-corrected chi connectivity index (χ0v) is 33.1. The van der Waals surface area contributed by atoms with Gasteiger partial charge in [-0.05, 0) is 91.0 Å². The lowest BCUT2D eigenvalue weighted by atomic mass is 9.89. The van der Waals surface area contributed by atoms with Gasteiger partial charge in [0.1, 0.15) is 0 Å². The summed E-state index contributed by atoms with van der Waals surface area (Å²) in [6.45, 7) is 0. The van der Waals surface area contributed by atoms with Crippen LogP contribution in [0, 0.1) is 0 Å². The van der Waals surface area contributed by atoms with Crippen molar-refractivity contribution in [1.82, 2.24) is 19.5 Å². The number of benzene rings is 10. The van der Waals surface area contributed by atoms with Crippen LogP contribution in [0.3, 0.4) is 0 Å². The Morgan fingerprint density at radius 2 is 0.836 bits per heavy atom. The second kappa shape index (κ2) is 14.3. The molecule has 10 aromatic carbocycles. The van der Waals surface area contributed by atoms with Crippen LogP contribution in [0.4, 0.5) is 0 Å². The summed E-state index contributed by atoms with van der Waals surface area (Å²) >= 11 is 0. The molecule has 2 heterocycles. The van der Waals surface area contributed by atoms with Gasteiger partial charge in [-0.2, -0.15) is 0 Å². The summed E-state index contributed by atoms with van der Waals surface area (Å²) in [5, 5.41) is 9.84. The van der Waals surface area contributed by atoms with Crippen molar-refractivity contribution in [1.29, 1.82) is 0 Å². The molecule has 284 valence electrons. The Bertz CT molecular complexity index is 3630. The minimum atomic E-state index is 0.625. The van der Waals surface area contributed by atoms with Crippen LogP contribution in [-0.2, 0) is 0 Å². The molecule has 0 aliphatic heterocycles. The summed E-state index contributed by atoms with van der Waals surface area (Å²) in [5.74, 6) is 1.88. The Hall–Kier alpha value is -8.21. The van der Waals surface area contributed by atoms with Gasteiger partial charge < -0.3 is 4.57 Å². The molecular formula is C57H36N4. The van der Waals surface area contributed by atoms with Gasteiger partial charge in [0.25, 0.3) is 0 Å². The van der Waals surface area contributed by atoms with E-state index < -0.39 is 0 Å². The van der Waals surface area contributed by atoms with Crippen LogP contribution >= 0.6 is 0 Å². The van der Waals surface area contributed by atoms with Crippen LogP contribution in [0.25, 0.3) is 116 Å². The summed E-state index contributed by atoms with van der Waals surface area (Å²) in [4.78, 5) is 15.5. The van der Waals surface area contributed by atoms with E-state index in [0.29, 0.717) is 17.5 Å². The van der Waals surface area contributed by atoms with Crippen LogP contribution in [0.1, 0.15) is 0 Å². The molecule has 0 atom stereocenters. The third-order valence-electron chi connectivity index (χ3n) is 12.0. The van der Waals surface area contributed by atoms with Gasteiger partial charge in [0.15, 0.2) is 17.5 Å². The van der Waals surface area contributed by atoms with Gasteiger partial charge in [-0.15, -0.1) is 0 Å². The Kier molecular flexibility index (Phi) is 8.13. The fourth-order valence-electron chi connectivity index (χ4n) is 9.18. The van der Waals surface area contributed by atoms with Crippen LogP contribution < -0.4 is 0 Å². The van der Waals surface area contributed by atoms with Crippen molar-refractivity contribution >= 4 is 54.1 Å².